The van der Waals surface area contributed by atoms with Crippen molar-refractivity contribution in [3.63, 3.8) is 0 Å². The normalized spacial score (nSPS) is 22.1. The van der Waals surface area contributed by atoms with Gasteiger partial charge in [-0.05, 0) is 72.8 Å². The Labute approximate surface area is 120 Å². The average Bonchev–Trinajstić information content (AvgIpc) is 2.60. The smallest absolute Gasteiger partial charge is 0.0194 e. The van der Waals surface area contributed by atoms with Crippen LogP contribution in [-0.2, 0) is 0 Å². The van der Waals surface area contributed by atoms with E-state index in [4.69, 9.17) is 0 Å². The Morgan fingerprint density at radius 1 is 1.32 bits per heavy atom. The predicted molar refractivity (Wildman–Crippen MR) is 84.8 cm³/mol. The van der Waals surface area contributed by atoms with Crippen molar-refractivity contribution in [2.24, 2.45) is 0 Å². The fourth-order valence-corrected chi connectivity index (χ4v) is 2.78. The van der Waals surface area contributed by atoms with E-state index in [-0.39, 0.29) is 0 Å². The zero-order valence-corrected chi connectivity index (χ0v) is 13.6. The Bertz CT molecular complexity index is 218. The van der Waals surface area contributed by atoms with Gasteiger partial charge < -0.3 is 15.1 Å². The van der Waals surface area contributed by atoms with Crippen LogP contribution in [0.2, 0.25) is 0 Å². The molecule has 0 saturated carbocycles. The fraction of sp³-hybridized carbons (Fsp3) is 1.00. The molecule has 1 aliphatic heterocycles. The second-order valence-corrected chi connectivity index (χ2v) is 6.38. The third-order valence-corrected chi connectivity index (χ3v) is 4.32. The Hall–Kier alpha value is -0.120. The van der Waals surface area contributed by atoms with Gasteiger partial charge >= 0.3 is 0 Å². The van der Waals surface area contributed by atoms with Crippen LogP contribution in [0.15, 0.2) is 0 Å². The minimum Gasteiger partial charge on any atom is -0.313 e. The first-order chi connectivity index (χ1) is 9.13. The van der Waals surface area contributed by atoms with Crippen molar-refractivity contribution in [3.05, 3.63) is 0 Å². The van der Waals surface area contributed by atoms with Crippen molar-refractivity contribution in [3.8, 4) is 0 Å². The van der Waals surface area contributed by atoms with Crippen LogP contribution in [0.3, 0.4) is 0 Å². The molecular weight excluding hydrogens is 234 g/mol. The summed E-state index contributed by atoms with van der Waals surface area (Å²) in [6.07, 6.45) is 6.61. The lowest BCUT2D eigenvalue weighted by molar-refractivity contribution is 0.236. The molecule has 0 radical (unpaired) electrons. The van der Waals surface area contributed by atoms with E-state index in [9.17, 15) is 0 Å². The van der Waals surface area contributed by atoms with Crippen molar-refractivity contribution >= 4 is 0 Å². The van der Waals surface area contributed by atoms with Crippen LogP contribution in [0, 0.1) is 0 Å². The summed E-state index contributed by atoms with van der Waals surface area (Å²) in [5, 5.41) is 3.69. The van der Waals surface area contributed by atoms with E-state index in [2.05, 4.69) is 42.9 Å². The quantitative estimate of drug-likeness (QED) is 0.683. The van der Waals surface area contributed by atoms with E-state index in [1.54, 1.807) is 0 Å². The molecule has 1 rings (SSSR count). The third-order valence-electron chi connectivity index (χ3n) is 4.32. The summed E-state index contributed by atoms with van der Waals surface area (Å²) in [6.45, 7) is 13.1. The molecule has 3 nitrogen and oxygen atoms in total. The molecule has 0 bridgehead atoms. The van der Waals surface area contributed by atoms with Crippen molar-refractivity contribution in [2.45, 2.75) is 65.0 Å². The maximum absolute atomic E-state index is 3.69. The van der Waals surface area contributed by atoms with Gasteiger partial charge in [0.15, 0.2) is 0 Å². The molecule has 1 fully saturated rings. The first-order valence-electron chi connectivity index (χ1n) is 8.29. The van der Waals surface area contributed by atoms with Gasteiger partial charge in [-0.25, -0.2) is 0 Å². The third kappa shape index (κ3) is 7.28. The molecule has 3 heteroatoms. The van der Waals surface area contributed by atoms with E-state index >= 15 is 0 Å². The highest BCUT2D eigenvalue weighted by molar-refractivity contribution is 4.76. The number of hydrogen-bond donors (Lipinski definition) is 1. The molecule has 19 heavy (non-hydrogen) atoms. The van der Waals surface area contributed by atoms with Gasteiger partial charge in [-0.1, -0.05) is 13.3 Å². The molecule has 1 unspecified atom stereocenters. The summed E-state index contributed by atoms with van der Waals surface area (Å²) in [5.74, 6) is 0. The minimum atomic E-state index is 0.677. The van der Waals surface area contributed by atoms with Crippen LogP contribution >= 0.6 is 0 Å². The minimum absolute atomic E-state index is 0.677. The van der Waals surface area contributed by atoms with Crippen LogP contribution in [0.25, 0.3) is 0 Å². The molecule has 0 aromatic heterocycles. The molecule has 1 atom stereocenters. The second kappa shape index (κ2) is 9.73. The fourth-order valence-electron chi connectivity index (χ4n) is 2.78. The van der Waals surface area contributed by atoms with Gasteiger partial charge in [0.05, 0.1) is 0 Å². The van der Waals surface area contributed by atoms with Crippen LogP contribution in [0.1, 0.15) is 52.9 Å². The Morgan fingerprint density at radius 3 is 2.79 bits per heavy atom. The van der Waals surface area contributed by atoms with Gasteiger partial charge in [0, 0.05) is 18.6 Å². The van der Waals surface area contributed by atoms with Gasteiger partial charge in [0.25, 0.3) is 0 Å². The summed E-state index contributed by atoms with van der Waals surface area (Å²) in [6, 6.07) is 1.40. The second-order valence-electron chi connectivity index (χ2n) is 6.38. The van der Waals surface area contributed by atoms with Crippen LogP contribution in [-0.4, -0.2) is 61.7 Å². The number of nitrogens with zero attached hydrogens (tertiary/aromatic N) is 2. The summed E-state index contributed by atoms with van der Waals surface area (Å²) < 4.78 is 0. The SMILES string of the molecule is CCCC1CN(CCCCN(C)C(C)C)CCCN1. The van der Waals surface area contributed by atoms with E-state index in [1.165, 1.54) is 64.8 Å². The topological polar surface area (TPSA) is 18.5 Å². The molecule has 0 aliphatic carbocycles. The highest BCUT2D eigenvalue weighted by Crippen LogP contribution is 2.07. The van der Waals surface area contributed by atoms with Crippen LogP contribution in [0.5, 0.6) is 0 Å². The van der Waals surface area contributed by atoms with Gasteiger partial charge in [-0.2, -0.15) is 0 Å². The molecule has 1 saturated heterocycles. The Kier molecular flexibility index (Phi) is 8.67. The summed E-state index contributed by atoms with van der Waals surface area (Å²) in [7, 11) is 2.23. The number of rotatable bonds is 8. The standard InChI is InChI=1S/C16H35N3/c1-5-9-16-14-19(13-8-10-17-16)12-7-6-11-18(4)15(2)3/h15-17H,5-14H2,1-4H3. The van der Waals surface area contributed by atoms with E-state index in [0.29, 0.717) is 6.04 Å². The number of nitrogens with one attached hydrogen (secondary N) is 1. The number of hydrogen-bond acceptors (Lipinski definition) is 3. The summed E-state index contributed by atoms with van der Waals surface area (Å²) in [5.41, 5.74) is 0. The van der Waals surface area contributed by atoms with Crippen molar-refractivity contribution in [2.75, 3.05) is 39.8 Å². The van der Waals surface area contributed by atoms with Crippen molar-refractivity contribution in [1.29, 1.82) is 0 Å². The van der Waals surface area contributed by atoms with Crippen molar-refractivity contribution < 1.29 is 0 Å². The predicted octanol–water partition coefficient (Wildman–Crippen LogP) is 2.57. The van der Waals surface area contributed by atoms with E-state index < -0.39 is 0 Å². The van der Waals surface area contributed by atoms with Gasteiger partial charge in [-0.3, -0.25) is 0 Å². The molecule has 1 aliphatic rings. The number of unbranched alkanes of at least 4 members (excludes halogenated alkanes) is 1. The maximum atomic E-state index is 3.69. The highest BCUT2D eigenvalue weighted by atomic mass is 15.2. The molecule has 0 amide bonds. The van der Waals surface area contributed by atoms with Crippen molar-refractivity contribution in [1.82, 2.24) is 15.1 Å². The van der Waals surface area contributed by atoms with Crippen LogP contribution < -0.4 is 5.32 Å². The van der Waals surface area contributed by atoms with Crippen LogP contribution in [0.4, 0.5) is 0 Å². The van der Waals surface area contributed by atoms with Gasteiger partial charge in [0.1, 0.15) is 0 Å². The van der Waals surface area contributed by atoms with Gasteiger partial charge in [-0.15, -0.1) is 0 Å². The average molecular weight is 269 g/mol. The first-order valence-corrected chi connectivity index (χ1v) is 8.29. The molecule has 1 N–H and O–H groups in total. The molecule has 0 aromatic rings. The highest BCUT2D eigenvalue weighted by Gasteiger charge is 2.16. The lowest BCUT2D eigenvalue weighted by Crippen LogP contribution is -2.38. The molecular formula is C16H35N3. The summed E-state index contributed by atoms with van der Waals surface area (Å²) >= 11 is 0. The molecule has 1 heterocycles. The van der Waals surface area contributed by atoms with E-state index in [0.717, 1.165) is 6.04 Å². The largest absolute Gasteiger partial charge is 0.313 e. The zero-order chi connectivity index (χ0) is 14.1. The Balaban J connectivity index is 2.16. The lowest BCUT2D eigenvalue weighted by atomic mass is 10.1. The summed E-state index contributed by atoms with van der Waals surface area (Å²) in [4.78, 5) is 5.12. The monoisotopic (exact) mass is 269 g/mol. The Morgan fingerprint density at radius 2 is 2.11 bits per heavy atom. The molecule has 0 aromatic carbocycles. The zero-order valence-electron chi connectivity index (χ0n) is 13.6. The van der Waals surface area contributed by atoms with Gasteiger partial charge in [0.2, 0.25) is 0 Å². The van der Waals surface area contributed by atoms with E-state index in [1.807, 2.05) is 0 Å². The first kappa shape index (κ1) is 16.9. The molecule has 0 spiro atoms. The lowest BCUT2D eigenvalue weighted by Gasteiger charge is -2.25. The molecule has 114 valence electrons. The maximum Gasteiger partial charge on any atom is 0.0194 e.